The van der Waals surface area contributed by atoms with Gasteiger partial charge in [0.05, 0.1) is 27.9 Å². The molecule has 0 bridgehead atoms. The minimum absolute atomic E-state index is 0. The Hall–Kier alpha value is -2.24. The van der Waals surface area contributed by atoms with Crippen molar-refractivity contribution in [2.75, 3.05) is 28.4 Å². The molecule has 0 atom stereocenters. The van der Waals surface area contributed by atoms with Gasteiger partial charge in [-0.05, 0) is 6.07 Å². The summed E-state index contributed by atoms with van der Waals surface area (Å²) < 4.78 is 17.8. The number of aryl methyl sites for hydroxylation is 1. The van der Waals surface area contributed by atoms with E-state index in [1.165, 1.54) is 6.33 Å². The van der Waals surface area contributed by atoms with Crippen LogP contribution in [0.3, 0.4) is 0 Å². The Kier molecular flexibility index (Phi) is 8.96. The van der Waals surface area contributed by atoms with E-state index in [-0.39, 0.29) is 24.0 Å². The lowest BCUT2D eigenvalue weighted by atomic mass is 10.1. The van der Waals surface area contributed by atoms with Gasteiger partial charge in [-0.15, -0.1) is 24.0 Å². The molecule has 2 rings (SSSR count). The summed E-state index contributed by atoms with van der Waals surface area (Å²) in [4.78, 5) is 8.37. The van der Waals surface area contributed by atoms with Gasteiger partial charge in [0.2, 0.25) is 0 Å². The number of rotatable bonds is 7. The van der Waals surface area contributed by atoms with Crippen LogP contribution in [0, 0.1) is 0 Å². The fourth-order valence-corrected chi connectivity index (χ4v) is 2.27. The molecule has 0 spiro atoms. The largest absolute Gasteiger partial charge is 0.496 e. The molecule has 1 aromatic heterocycles. The molecule has 144 valence electrons. The molecule has 0 radical (unpaired) electrons. The topological polar surface area (TPSA) is 94.8 Å². The molecule has 0 unspecified atom stereocenters. The fourth-order valence-electron chi connectivity index (χ4n) is 2.27. The first-order valence-electron chi connectivity index (χ1n) is 7.69. The zero-order chi connectivity index (χ0) is 18.2. The minimum Gasteiger partial charge on any atom is -0.496 e. The number of halogens is 1. The molecule has 0 saturated heterocycles. The van der Waals surface area contributed by atoms with E-state index in [9.17, 15) is 0 Å². The van der Waals surface area contributed by atoms with Gasteiger partial charge < -0.3 is 24.8 Å². The van der Waals surface area contributed by atoms with E-state index in [2.05, 4.69) is 25.7 Å². The van der Waals surface area contributed by atoms with E-state index in [1.54, 1.807) is 39.1 Å². The number of benzene rings is 1. The van der Waals surface area contributed by atoms with Gasteiger partial charge in [0.1, 0.15) is 17.9 Å². The first-order valence-corrected chi connectivity index (χ1v) is 7.69. The number of nitrogens with zero attached hydrogens (tertiary/aromatic N) is 4. The standard InChI is InChI=1S/C16H24N6O3.HI/c1-17-16(19-9-15-20-10-21-22(15)2)18-8-11-6-13(24-4)14(25-5)7-12(11)23-3;/h6-7,10H,8-9H2,1-5H3,(H2,17,18,19);1H. The number of aliphatic imine (C=N–C) groups is 1. The molecule has 1 heterocycles. The third kappa shape index (κ3) is 5.38. The zero-order valence-electron chi connectivity index (χ0n) is 15.6. The van der Waals surface area contributed by atoms with Crippen molar-refractivity contribution in [1.29, 1.82) is 0 Å². The van der Waals surface area contributed by atoms with Crippen LogP contribution in [0.25, 0.3) is 0 Å². The minimum atomic E-state index is 0. The highest BCUT2D eigenvalue weighted by molar-refractivity contribution is 14.0. The number of guanidine groups is 1. The molecule has 26 heavy (non-hydrogen) atoms. The van der Waals surface area contributed by atoms with Gasteiger partial charge in [-0.2, -0.15) is 5.10 Å². The summed E-state index contributed by atoms with van der Waals surface area (Å²) in [6.07, 6.45) is 1.52. The van der Waals surface area contributed by atoms with Crippen LogP contribution in [0.5, 0.6) is 17.2 Å². The first kappa shape index (κ1) is 21.8. The molecule has 0 aliphatic rings. The Morgan fingerprint density at radius 2 is 1.65 bits per heavy atom. The number of hydrogen-bond acceptors (Lipinski definition) is 6. The first-order chi connectivity index (χ1) is 12.1. The molecular formula is C16H25IN6O3. The highest BCUT2D eigenvalue weighted by Gasteiger charge is 2.12. The summed E-state index contributed by atoms with van der Waals surface area (Å²) in [5.74, 6) is 3.41. The van der Waals surface area contributed by atoms with Crippen LogP contribution in [0.2, 0.25) is 0 Å². The zero-order valence-corrected chi connectivity index (χ0v) is 17.9. The molecule has 0 fully saturated rings. The molecule has 2 N–H and O–H groups in total. The van der Waals surface area contributed by atoms with E-state index in [0.29, 0.717) is 36.3 Å². The van der Waals surface area contributed by atoms with E-state index in [1.807, 2.05) is 13.1 Å². The van der Waals surface area contributed by atoms with Crippen LogP contribution in [0.1, 0.15) is 11.4 Å². The molecule has 10 heteroatoms. The normalized spacial score (nSPS) is 10.7. The maximum absolute atomic E-state index is 5.43. The van der Waals surface area contributed by atoms with Gasteiger partial charge in [-0.25, -0.2) is 4.98 Å². The van der Waals surface area contributed by atoms with Crippen LogP contribution in [-0.4, -0.2) is 49.1 Å². The Balaban J connectivity index is 0.00000338. The predicted octanol–water partition coefficient (Wildman–Crippen LogP) is 1.32. The van der Waals surface area contributed by atoms with Crippen molar-refractivity contribution >= 4 is 29.9 Å². The lowest BCUT2D eigenvalue weighted by Gasteiger charge is -2.16. The fraction of sp³-hybridized carbons (Fsp3) is 0.438. The monoisotopic (exact) mass is 476 g/mol. The van der Waals surface area contributed by atoms with Crippen molar-refractivity contribution < 1.29 is 14.2 Å². The Morgan fingerprint density at radius 3 is 2.19 bits per heavy atom. The smallest absolute Gasteiger partial charge is 0.191 e. The van der Waals surface area contributed by atoms with Crippen molar-refractivity contribution in [2.24, 2.45) is 12.0 Å². The molecule has 0 aliphatic heterocycles. The van der Waals surface area contributed by atoms with Crippen LogP contribution >= 0.6 is 24.0 Å². The Bertz CT molecular complexity index is 735. The Morgan fingerprint density at radius 1 is 1.04 bits per heavy atom. The highest BCUT2D eigenvalue weighted by Crippen LogP contribution is 2.34. The van der Waals surface area contributed by atoms with Crippen molar-refractivity contribution in [3.63, 3.8) is 0 Å². The molecular weight excluding hydrogens is 451 g/mol. The second kappa shape index (κ2) is 10.7. The van der Waals surface area contributed by atoms with Crippen molar-refractivity contribution in [3.05, 3.63) is 29.8 Å². The molecule has 0 amide bonds. The Labute approximate surface area is 170 Å². The molecule has 1 aromatic carbocycles. The van der Waals surface area contributed by atoms with Gasteiger partial charge in [0, 0.05) is 32.3 Å². The van der Waals surface area contributed by atoms with Crippen LogP contribution in [-0.2, 0) is 20.1 Å². The average molecular weight is 476 g/mol. The average Bonchev–Trinajstić information content (AvgIpc) is 3.06. The second-order valence-electron chi connectivity index (χ2n) is 5.10. The highest BCUT2D eigenvalue weighted by atomic mass is 127. The van der Waals surface area contributed by atoms with Crippen LogP contribution in [0.4, 0.5) is 0 Å². The maximum atomic E-state index is 5.43. The summed E-state index contributed by atoms with van der Waals surface area (Å²) >= 11 is 0. The van der Waals surface area contributed by atoms with Crippen LogP contribution in [0.15, 0.2) is 23.5 Å². The van der Waals surface area contributed by atoms with Crippen molar-refractivity contribution in [1.82, 2.24) is 25.4 Å². The van der Waals surface area contributed by atoms with Gasteiger partial charge in [0.25, 0.3) is 0 Å². The third-order valence-electron chi connectivity index (χ3n) is 3.68. The summed E-state index contributed by atoms with van der Waals surface area (Å²) in [6, 6.07) is 3.67. The number of aromatic nitrogens is 3. The maximum Gasteiger partial charge on any atom is 0.191 e. The SMILES string of the molecule is CN=C(NCc1cc(OC)c(OC)cc1OC)NCc1ncnn1C.I. The quantitative estimate of drug-likeness (QED) is 0.354. The van der Waals surface area contributed by atoms with E-state index in [0.717, 1.165) is 11.4 Å². The second-order valence-corrected chi connectivity index (χ2v) is 5.10. The number of hydrogen-bond donors (Lipinski definition) is 2. The van der Waals surface area contributed by atoms with E-state index < -0.39 is 0 Å². The van der Waals surface area contributed by atoms with E-state index >= 15 is 0 Å². The summed E-state index contributed by atoms with van der Waals surface area (Å²) in [7, 11) is 8.36. The molecule has 0 saturated carbocycles. The summed E-state index contributed by atoms with van der Waals surface area (Å²) in [5.41, 5.74) is 0.918. The lowest BCUT2D eigenvalue weighted by Crippen LogP contribution is -2.37. The van der Waals surface area contributed by atoms with Crippen LogP contribution < -0.4 is 24.8 Å². The molecule has 9 nitrogen and oxygen atoms in total. The number of methoxy groups -OCH3 is 3. The van der Waals surface area contributed by atoms with Gasteiger partial charge in [-0.1, -0.05) is 0 Å². The van der Waals surface area contributed by atoms with Gasteiger partial charge in [-0.3, -0.25) is 9.67 Å². The van der Waals surface area contributed by atoms with Crippen molar-refractivity contribution in [3.8, 4) is 17.2 Å². The summed E-state index contributed by atoms with van der Waals surface area (Å²) in [6.45, 7) is 1.02. The summed E-state index contributed by atoms with van der Waals surface area (Å²) in [5, 5.41) is 10.5. The van der Waals surface area contributed by atoms with Crippen molar-refractivity contribution in [2.45, 2.75) is 13.1 Å². The number of nitrogens with one attached hydrogen (secondary N) is 2. The predicted molar refractivity (Wildman–Crippen MR) is 110 cm³/mol. The molecule has 2 aromatic rings. The third-order valence-corrected chi connectivity index (χ3v) is 3.68. The van der Waals surface area contributed by atoms with Gasteiger partial charge >= 0.3 is 0 Å². The van der Waals surface area contributed by atoms with E-state index in [4.69, 9.17) is 14.2 Å². The molecule has 0 aliphatic carbocycles. The lowest BCUT2D eigenvalue weighted by molar-refractivity contribution is 0.347. The van der Waals surface area contributed by atoms with Gasteiger partial charge in [0.15, 0.2) is 17.5 Å². The number of ether oxygens (including phenoxy) is 3.